The van der Waals surface area contributed by atoms with Gasteiger partial charge in [0.05, 0.1) is 6.61 Å². The zero-order valence-electron chi connectivity index (χ0n) is 12.0. The molecule has 0 aliphatic heterocycles. The molecular weight excluding hydrogens is 238 g/mol. The topological polar surface area (TPSA) is 41.5 Å². The van der Waals surface area contributed by atoms with Gasteiger partial charge in [0.25, 0.3) is 0 Å². The molecule has 0 aromatic heterocycles. The SMILES string of the molecule is COCCNCC(C)(Cc1cccc(O)c1)C1CC1. The molecule has 106 valence electrons. The van der Waals surface area contributed by atoms with Crippen molar-refractivity contribution in [2.45, 2.75) is 26.2 Å². The molecule has 1 aliphatic rings. The van der Waals surface area contributed by atoms with Gasteiger partial charge in [0.2, 0.25) is 0 Å². The number of nitrogens with one attached hydrogen (secondary N) is 1. The van der Waals surface area contributed by atoms with E-state index in [0.29, 0.717) is 5.75 Å². The first kappa shape index (κ1) is 14.4. The van der Waals surface area contributed by atoms with Crippen molar-refractivity contribution in [1.29, 1.82) is 0 Å². The highest BCUT2D eigenvalue weighted by molar-refractivity contribution is 5.28. The standard InChI is InChI=1S/C16H25NO2/c1-16(14-6-7-14,12-17-8-9-19-2)11-13-4-3-5-15(18)10-13/h3-5,10,14,17-18H,6-9,11-12H2,1-2H3. The van der Waals surface area contributed by atoms with Crippen molar-refractivity contribution in [3.8, 4) is 5.75 Å². The lowest BCUT2D eigenvalue weighted by molar-refractivity contribution is 0.187. The van der Waals surface area contributed by atoms with E-state index in [2.05, 4.69) is 18.3 Å². The molecule has 1 fully saturated rings. The average molecular weight is 263 g/mol. The van der Waals surface area contributed by atoms with Crippen LogP contribution in [0.3, 0.4) is 0 Å². The number of ether oxygens (including phenoxy) is 1. The molecule has 0 spiro atoms. The third-order valence-electron chi connectivity index (χ3n) is 4.09. The number of hydrogen-bond donors (Lipinski definition) is 2. The number of methoxy groups -OCH3 is 1. The fraction of sp³-hybridized carbons (Fsp3) is 0.625. The number of hydrogen-bond acceptors (Lipinski definition) is 3. The lowest BCUT2D eigenvalue weighted by Gasteiger charge is -2.30. The van der Waals surface area contributed by atoms with Gasteiger partial charge in [-0.3, -0.25) is 0 Å². The number of phenolic OH excluding ortho intramolecular Hbond substituents is 1. The number of rotatable bonds is 8. The Hall–Kier alpha value is -1.06. The van der Waals surface area contributed by atoms with Crippen molar-refractivity contribution in [2.75, 3.05) is 26.8 Å². The lowest BCUT2D eigenvalue weighted by atomic mass is 9.79. The van der Waals surface area contributed by atoms with Crippen molar-refractivity contribution in [1.82, 2.24) is 5.32 Å². The number of phenols is 1. The first-order valence-corrected chi connectivity index (χ1v) is 7.11. The smallest absolute Gasteiger partial charge is 0.115 e. The van der Waals surface area contributed by atoms with E-state index in [9.17, 15) is 5.11 Å². The van der Waals surface area contributed by atoms with Gasteiger partial charge >= 0.3 is 0 Å². The maximum atomic E-state index is 9.58. The fourth-order valence-electron chi connectivity index (χ4n) is 2.81. The van der Waals surface area contributed by atoms with Crippen LogP contribution in [0.1, 0.15) is 25.3 Å². The normalized spacial score (nSPS) is 18.2. The highest BCUT2D eigenvalue weighted by Crippen LogP contribution is 2.47. The van der Waals surface area contributed by atoms with Crippen LogP contribution in [0.25, 0.3) is 0 Å². The molecule has 1 atom stereocenters. The van der Waals surface area contributed by atoms with Crippen molar-refractivity contribution >= 4 is 0 Å². The third kappa shape index (κ3) is 4.22. The van der Waals surface area contributed by atoms with Crippen LogP contribution in [0, 0.1) is 11.3 Å². The molecule has 1 saturated carbocycles. The van der Waals surface area contributed by atoms with Gasteiger partial charge in [-0.15, -0.1) is 0 Å². The largest absolute Gasteiger partial charge is 0.508 e. The Bertz CT molecular complexity index is 403. The van der Waals surface area contributed by atoms with E-state index >= 15 is 0 Å². The molecule has 2 N–H and O–H groups in total. The van der Waals surface area contributed by atoms with Gasteiger partial charge < -0.3 is 15.2 Å². The monoisotopic (exact) mass is 263 g/mol. The summed E-state index contributed by atoms with van der Waals surface area (Å²) in [5.41, 5.74) is 1.50. The van der Waals surface area contributed by atoms with E-state index < -0.39 is 0 Å². The molecule has 1 aromatic carbocycles. The first-order chi connectivity index (χ1) is 9.14. The van der Waals surface area contributed by atoms with Crippen LogP contribution in [0.15, 0.2) is 24.3 Å². The summed E-state index contributed by atoms with van der Waals surface area (Å²) in [7, 11) is 1.73. The molecule has 0 heterocycles. The Morgan fingerprint density at radius 2 is 2.21 bits per heavy atom. The summed E-state index contributed by atoms with van der Waals surface area (Å²) < 4.78 is 5.07. The van der Waals surface area contributed by atoms with Gasteiger partial charge in [-0.05, 0) is 48.3 Å². The summed E-state index contributed by atoms with van der Waals surface area (Å²) in [5, 5.41) is 13.1. The maximum absolute atomic E-state index is 9.58. The molecule has 0 radical (unpaired) electrons. The van der Waals surface area contributed by atoms with E-state index in [-0.39, 0.29) is 5.41 Å². The molecular formula is C16H25NO2. The molecule has 3 nitrogen and oxygen atoms in total. The number of aromatic hydroxyl groups is 1. The zero-order valence-corrected chi connectivity index (χ0v) is 12.0. The Kier molecular flexibility index (Phi) is 4.83. The molecule has 1 aromatic rings. The highest BCUT2D eigenvalue weighted by Gasteiger charge is 2.40. The fourth-order valence-corrected chi connectivity index (χ4v) is 2.81. The molecule has 0 amide bonds. The summed E-state index contributed by atoms with van der Waals surface area (Å²) in [6.07, 6.45) is 3.69. The zero-order chi connectivity index (χ0) is 13.7. The summed E-state index contributed by atoms with van der Waals surface area (Å²) in [6.45, 7) is 5.02. The van der Waals surface area contributed by atoms with Crippen LogP contribution in [0.5, 0.6) is 5.75 Å². The third-order valence-corrected chi connectivity index (χ3v) is 4.09. The van der Waals surface area contributed by atoms with E-state index in [1.54, 1.807) is 13.2 Å². The van der Waals surface area contributed by atoms with Crippen molar-refractivity contribution in [3.05, 3.63) is 29.8 Å². The van der Waals surface area contributed by atoms with Crippen LogP contribution in [-0.4, -0.2) is 31.9 Å². The summed E-state index contributed by atoms with van der Waals surface area (Å²) >= 11 is 0. The van der Waals surface area contributed by atoms with Gasteiger partial charge in [0.15, 0.2) is 0 Å². The van der Waals surface area contributed by atoms with Gasteiger partial charge in [-0.2, -0.15) is 0 Å². The summed E-state index contributed by atoms with van der Waals surface area (Å²) in [6, 6.07) is 7.65. The summed E-state index contributed by atoms with van der Waals surface area (Å²) in [5.74, 6) is 1.17. The minimum Gasteiger partial charge on any atom is -0.508 e. The Morgan fingerprint density at radius 1 is 1.42 bits per heavy atom. The second-order valence-corrected chi connectivity index (χ2v) is 5.94. The first-order valence-electron chi connectivity index (χ1n) is 7.11. The van der Waals surface area contributed by atoms with Crippen molar-refractivity contribution in [3.63, 3.8) is 0 Å². The predicted molar refractivity (Wildman–Crippen MR) is 77.4 cm³/mol. The molecule has 0 bridgehead atoms. The molecule has 1 unspecified atom stereocenters. The van der Waals surface area contributed by atoms with Crippen molar-refractivity contribution < 1.29 is 9.84 Å². The van der Waals surface area contributed by atoms with Crippen LogP contribution in [-0.2, 0) is 11.2 Å². The second kappa shape index (κ2) is 6.40. The van der Waals surface area contributed by atoms with Gasteiger partial charge in [0.1, 0.15) is 5.75 Å². The molecule has 19 heavy (non-hydrogen) atoms. The van der Waals surface area contributed by atoms with Gasteiger partial charge in [0, 0.05) is 20.2 Å². The minimum absolute atomic E-state index is 0.279. The predicted octanol–water partition coefficient (Wildman–Crippen LogP) is 2.59. The Balaban J connectivity index is 1.94. The molecule has 3 heteroatoms. The van der Waals surface area contributed by atoms with Gasteiger partial charge in [-0.1, -0.05) is 19.1 Å². The number of benzene rings is 1. The lowest BCUT2D eigenvalue weighted by Crippen LogP contribution is -2.37. The van der Waals surface area contributed by atoms with Crippen LogP contribution in [0.2, 0.25) is 0 Å². The van der Waals surface area contributed by atoms with Crippen LogP contribution in [0.4, 0.5) is 0 Å². The van der Waals surface area contributed by atoms with Crippen molar-refractivity contribution in [2.24, 2.45) is 11.3 Å². The Labute approximate surface area is 116 Å². The van der Waals surface area contributed by atoms with Crippen LogP contribution >= 0.6 is 0 Å². The quantitative estimate of drug-likeness (QED) is 0.708. The average Bonchev–Trinajstić information content (AvgIpc) is 3.19. The van der Waals surface area contributed by atoms with Crippen LogP contribution < -0.4 is 5.32 Å². The molecule has 0 saturated heterocycles. The van der Waals surface area contributed by atoms with E-state index in [1.807, 2.05) is 12.1 Å². The van der Waals surface area contributed by atoms with Gasteiger partial charge in [-0.25, -0.2) is 0 Å². The molecule has 1 aliphatic carbocycles. The Morgan fingerprint density at radius 3 is 2.84 bits per heavy atom. The summed E-state index contributed by atoms with van der Waals surface area (Å²) in [4.78, 5) is 0. The second-order valence-electron chi connectivity index (χ2n) is 5.94. The highest BCUT2D eigenvalue weighted by atomic mass is 16.5. The molecule has 2 rings (SSSR count). The van der Waals surface area contributed by atoms with E-state index in [0.717, 1.165) is 32.0 Å². The van der Waals surface area contributed by atoms with E-state index in [1.165, 1.54) is 18.4 Å². The van der Waals surface area contributed by atoms with E-state index in [4.69, 9.17) is 4.74 Å². The minimum atomic E-state index is 0.279. The maximum Gasteiger partial charge on any atom is 0.115 e.